The average Bonchev–Trinajstić information content (AvgIpc) is 2.58. The molecular weight excluding hydrogens is 306 g/mol. The zero-order chi connectivity index (χ0) is 19.3. The van der Waals surface area contributed by atoms with Gasteiger partial charge in [0.15, 0.2) is 5.78 Å². The van der Waals surface area contributed by atoms with E-state index in [9.17, 15) is 4.79 Å². The third kappa shape index (κ3) is 8.35. The second-order valence-corrected chi connectivity index (χ2v) is 8.03. The van der Waals surface area contributed by atoms with Gasteiger partial charge in [0.2, 0.25) is 0 Å². The lowest BCUT2D eigenvalue weighted by Crippen LogP contribution is -2.56. The molecule has 2 heteroatoms. The van der Waals surface area contributed by atoms with Crippen LogP contribution in [0.15, 0.2) is 25.3 Å². The van der Waals surface area contributed by atoms with Crippen molar-refractivity contribution < 1.29 is 4.79 Å². The molecule has 0 spiro atoms. The van der Waals surface area contributed by atoms with Crippen molar-refractivity contribution in [1.29, 1.82) is 0 Å². The van der Waals surface area contributed by atoms with Crippen LogP contribution in [0.2, 0.25) is 0 Å². The molecule has 0 bridgehead atoms. The number of likely N-dealkylation sites (N-methyl/N-ethyl adjacent to an activating group) is 1. The molecule has 146 valence electrons. The molecule has 0 aromatic carbocycles. The van der Waals surface area contributed by atoms with Crippen molar-refractivity contribution in [3.05, 3.63) is 25.3 Å². The highest BCUT2D eigenvalue weighted by Gasteiger charge is 2.42. The third-order valence-electron chi connectivity index (χ3n) is 5.43. The van der Waals surface area contributed by atoms with Gasteiger partial charge in [0.25, 0.3) is 0 Å². The minimum Gasteiger partial charge on any atom is -0.297 e. The first-order valence-corrected chi connectivity index (χ1v) is 10.3. The largest absolute Gasteiger partial charge is 0.297 e. The summed E-state index contributed by atoms with van der Waals surface area (Å²) < 4.78 is 0. The molecule has 0 aliphatic rings. The highest BCUT2D eigenvalue weighted by molar-refractivity contribution is 5.90. The van der Waals surface area contributed by atoms with Crippen LogP contribution in [0.1, 0.15) is 91.9 Å². The smallest absolute Gasteiger partial charge is 0.155 e. The molecule has 2 nitrogen and oxygen atoms in total. The van der Waals surface area contributed by atoms with E-state index in [1.165, 1.54) is 25.7 Å². The zero-order valence-corrected chi connectivity index (χ0v) is 17.7. The van der Waals surface area contributed by atoms with E-state index in [0.29, 0.717) is 11.8 Å². The van der Waals surface area contributed by atoms with E-state index in [4.69, 9.17) is 0 Å². The number of carbonyl (C=O) groups excluding carboxylic acids is 1. The Kier molecular flexibility index (Phi) is 12.9. The molecule has 0 atom stereocenters. The maximum atomic E-state index is 13.3. The van der Waals surface area contributed by atoms with Crippen molar-refractivity contribution in [2.75, 3.05) is 7.05 Å². The molecule has 0 radical (unpaired) electrons. The van der Waals surface area contributed by atoms with Crippen molar-refractivity contribution in [2.45, 2.75) is 103 Å². The van der Waals surface area contributed by atoms with Gasteiger partial charge in [-0.15, -0.1) is 13.2 Å². The van der Waals surface area contributed by atoms with Gasteiger partial charge in [0, 0.05) is 12.0 Å². The summed E-state index contributed by atoms with van der Waals surface area (Å²) in [6, 6.07) is 0.379. The lowest BCUT2D eigenvalue weighted by atomic mass is 9.77. The Labute approximate surface area is 157 Å². The first-order valence-electron chi connectivity index (χ1n) is 10.3. The van der Waals surface area contributed by atoms with E-state index in [1.54, 1.807) is 0 Å². The van der Waals surface area contributed by atoms with Crippen LogP contribution in [0, 0.1) is 5.92 Å². The fraction of sp³-hybridized carbons (Fsp3) is 0.783. The van der Waals surface area contributed by atoms with E-state index < -0.39 is 0 Å². The van der Waals surface area contributed by atoms with Crippen LogP contribution in [-0.2, 0) is 4.79 Å². The van der Waals surface area contributed by atoms with Gasteiger partial charge in [-0.05, 0) is 59.4 Å². The standard InChI is InChI=1S/C23H43NO/c1-8-10-12-14-16-18-23(22(25)20(3)4,24(7)21(5)6)19-17-15-13-11-9-2/h8-9,20-21H,1-2,10-19H2,3-7H3. The quantitative estimate of drug-likeness (QED) is 0.232. The van der Waals surface area contributed by atoms with Gasteiger partial charge in [-0.25, -0.2) is 0 Å². The van der Waals surface area contributed by atoms with Gasteiger partial charge in [0.05, 0.1) is 5.54 Å². The molecule has 0 saturated heterocycles. The molecule has 0 amide bonds. The summed E-state index contributed by atoms with van der Waals surface area (Å²) in [7, 11) is 2.15. The predicted octanol–water partition coefficient (Wildman–Crippen LogP) is 6.56. The first kappa shape index (κ1) is 24.1. The lowest BCUT2D eigenvalue weighted by molar-refractivity contribution is -0.136. The SMILES string of the molecule is C=CCCCCCC(CCCCCC=C)(C(=O)C(C)C)N(C)C(C)C. The summed E-state index contributed by atoms with van der Waals surface area (Å²) in [5.74, 6) is 0.513. The van der Waals surface area contributed by atoms with E-state index in [1.807, 2.05) is 12.2 Å². The molecule has 0 fully saturated rings. The Morgan fingerprint density at radius 1 is 0.880 bits per heavy atom. The molecule has 0 aliphatic heterocycles. The molecule has 25 heavy (non-hydrogen) atoms. The molecule has 0 heterocycles. The van der Waals surface area contributed by atoms with Crippen LogP contribution >= 0.6 is 0 Å². The van der Waals surface area contributed by atoms with Gasteiger partial charge in [0.1, 0.15) is 0 Å². The Morgan fingerprint density at radius 3 is 1.64 bits per heavy atom. The van der Waals surface area contributed by atoms with E-state index in [-0.39, 0.29) is 11.5 Å². The summed E-state index contributed by atoms with van der Waals surface area (Å²) in [4.78, 5) is 15.6. The first-order chi connectivity index (χ1) is 11.8. The number of hydrogen-bond donors (Lipinski definition) is 0. The van der Waals surface area contributed by atoms with E-state index in [2.05, 4.69) is 52.8 Å². The number of nitrogens with zero attached hydrogens (tertiary/aromatic N) is 1. The van der Waals surface area contributed by atoms with E-state index in [0.717, 1.165) is 38.5 Å². The fourth-order valence-electron chi connectivity index (χ4n) is 3.70. The fourth-order valence-corrected chi connectivity index (χ4v) is 3.70. The molecule has 0 aromatic rings. The van der Waals surface area contributed by atoms with Crippen molar-refractivity contribution >= 4 is 5.78 Å². The number of carbonyl (C=O) groups is 1. The summed E-state index contributed by atoms with van der Waals surface area (Å²) in [6.07, 6.45) is 15.1. The van der Waals surface area contributed by atoms with Crippen molar-refractivity contribution in [1.82, 2.24) is 4.90 Å². The molecule has 0 N–H and O–H groups in total. The van der Waals surface area contributed by atoms with E-state index >= 15 is 0 Å². The van der Waals surface area contributed by atoms with Gasteiger partial charge in [-0.3, -0.25) is 9.69 Å². The Balaban J connectivity index is 5.16. The number of rotatable bonds is 16. The Bertz CT molecular complexity index is 366. The normalized spacial score (nSPS) is 12.2. The van der Waals surface area contributed by atoms with Crippen molar-refractivity contribution in [2.24, 2.45) is 5.92 Å². The molecular formula is C23H43NO. The topological polar surface area (TPSA) is 20.3 Å². The highest BCUT2D eigenvalue weighted by Crippen LogP contribution is 2.33. The van der Waals surface area contributed by atoms with Crippen LogP contribution in [0.4, 0.5) is 0 Å². The summed E-state index contributed by atoms with van der Waals surface area (Å²) in [5.41, 5.74) is -0.301. The Morgan fingerprint density at radius 2 is 1.32 bits per heavy atom. The number of hydrogen-bond acceptors (Lipinski definition) is 2. The average molecular weight is 350 g/mol. The summed E-state index contributed by atoms with van der Waals surface area (Å²) in [6.45, 7) is 16.1. The molecule has 0 aliphatic carbocycles. The number of ketones is 1. The van der Waals surface area contributed by atoms with Crippen LogP contribution in [0.3, 0.4) is 0 Å². The maximum Gasteiger partial charge on any atom is 0.155 e. The lowest BCUT2D eigenvalue weighted by Gasteiger charge is -2.44. The van der Waals surface area contributed by atoms with Crippen molar-refractivity contribution in [3.8, 4) is 0 Å². The van der Waals surface area contributed by atoms with Crippen LogP contribution < -0.4 is 0 Å². The van der Waals surface area contributed by atoms with Crippen LogP contribution in [-0.4, -0.2) is 29.3 Å². The Hall–Kier alpha value is -0.890. The van der Waals surface area contributed by atoms with Crippen molar-refractivity contribution in [3.63, 3.8) is 0 Å². The highest BCUT2D eigenvalue weighted by atomic mass is 16.1. The zero-order valence-electron chi connectivity index (χ0n) is 17.7. The minimum absolute atomic E-state index is 0.0857. The van der Waals surface area contributed by atoms with Gasteiger partial charge >= 0.3 is 0 Å². The maximum absolute atomic E-state index is 13.3. The molecule has 0 unspecified atom stereocenters. The number of unbranched alkanes of at least 4 members (excludes halogenated alkanes) is 6. The summed E-state index contributed by atoms with van der Waals surface area (Å²) >= 11 is 0. The monoisotopic (exact) mass is 349 g/mol. The van der Waals surface area contributed by atoms with Gasteiger partial charge in [-0.2, -0.15) is 0 Å². The van der Waals surface area contributed by atoms with Gasteiger partial charge < -0.3 is 0 Å². The van der Waals surface area contributed by atoms with Crippen LogP contribution in [0.25, 0.3) is 0 Å². The number of allylic oxidation sites excluding steroid dienone is 2. The van der Waals surface area contributed by atoms with Gasteiger partial charge in [-0.1, -0.05) is 51.7 Å². The number of Topliss-reactive ketones (excluding diaryl/α,β-unsaturated/α-hetero) is 1. The second kappa shape index (κ2) is 13.3. The molecule has 0 aromatic heterocycles. The molecule has 0 rings (SSSR count). The predicted molar refractivity (Wildman–Crippen MR) is 112 cm³/mol. The van der Waals surface area contributed by atoms with Crippen LogP contribution in [0.5, 0.6) is 0 Å². The minimum atomic E-state index is -0.301. The second-order valence-electron chi connectivity index (χ2n) is 8.03. The summed E-state index contributed by atoms with van der Waals surface area (Å²) in [5, 5.41) is 0. The third-order valence-corrected chi connectivity index (χ3v) is 5.43. The molecule has 0 saturated carbocycles.